The average molecular weight is 197 g/mol. The van der Waals surface area contributed by atoms with Gasteiger partial charge in [0.15, 0.2) is 0 Å². The Bertz CT molecular complexity index is 205. The van der Waals surface area contributed by atoms with Gasteiger partial charge in [0.25, 0.3) is 0 Å². The van der Waals surface area contributed by atoms with Crippen LogP contribution in [0, 0.1) is 10.8 Å². The van der Waals surface area contributed by atoms with Crippen LogP contribution >= 0.6 is 0 Å². The van der Waals surface area contributed by atoms with Crippen molar-refractivity contribution in [3.05, 3.63) is 0 Å². The van der Waals surface area contributed by atoms with E-state index in [0.29, 0.717) is 10.8 Å². The summed E-state index contributed by atoms with van der Waals surface area (Å²) in [6, 6.07) is 0. The second-order valence-electron chi connectivity index (χ2n) is 6.53. The summed E-state index contributed by atoms with van der Waals surface area (Å²) in [4.78, 5) is 0. The fourth-order valence-corrected chi connectivity index (χ4v) is 3.10. The van der Waals surface area contributed by atoms with Crippen molar-refractivity contribution in [3.8, 4) is 0 Å². The lowest BCUT2D eigenvalue weighted by atomic mass is 9.53. The molecule has 0 spiro atoms. The molecule has 0 bridgehead atoms. The molecule has 1 fully saturated rings. The summed E-state index contributed by atoms with van der Waals surface area (Å²) in [6.45, 7) is 11.8. The topological polar surface area (TPSA) is 26.0 Å². The van der Waals surface area contributed by atoms with E-state index in [1.165, 1.54) is 32.1 Å². The van der Waals surface area contributed by atoms with E-state index in [0.717, 1.165) is 0 Å². The van der Waals surface area contributed by atoms with Crippen molar-refractivity contribution in [2.45, 2.75) is 72.3 Å². The maximum absolute atomic E-state index is 6.30. The Balaban J connectivity index is 2.86. The largest absolute Gasteiger partial charge is 0.325 e. The molecule has 0 radical (unpaired) electrons. The molecule has 1 saturated carbocycles. The summed E-state index contributed by atoms with van der Waals surface area (Å²) in [6.07, 6.45) is 6.22. The quantitative estimate of drug-likeness (QED) is 0.717. The van der Waals surface area contributed by atoms with Crippen molar-refractivity contribution in [2.24, 2.45) is 16.6 Å². The zero-order valence-electron chi connectivity index (χ0n) is 10.6. The summed E-state index contributed by atoms with van der Waals surface area (Å²) in [5.74, 6) is 0. The van der Waals surface area contributed by atoms with Crippen molar-refractivity contribution < 1.29 is 0 Å². The maximum atomic E-state index is 6.30. The summed E-state index contributed by atoms with van der Waals surface area (Å²) in [5, 5.41) is 0. The van der Waals surface area contributed by atoms with E-state index >= 15 is 0 Å². The van der Waals surface area contributed by atoms with Crippen LogP contribution in [0.4, 0.5) is 0 Å². The first-order valence-corrected chi connectivity index (χ1v) is 6.01. The molecular weight excluding hydrogens is 170 g/mol. The number of nitrogens with two attached hydrogens (primary N) is 1. The fraction of sp³-hybridized carbons (Fsp3) is 1.00. The molecule has 1 nitrogen and oxygen atoms in total. The molecule has 2 N–H and O–H groups in total. The highest BCUT2D eigenvalue weighted by molar-refractivity contribution is 5.01. The summed E-state index contributed by atoms with van der Waals surface area (Å²) in [5.41, 5.74) is 7.27. The third-order valence-corrected chi connectivity index (χ3v) is 4.55. The van der Waals surface area contributed by atoms with Gasteiger partial charge in [0.1, 0.15) is 0 Å². The normalized spacial score (nSPS) is 42.4. The molecule has 0 aliphatic heterocycles. The van der Waals surface area contributed by atoms with Gasteiger partial charge in [-0.3, -0.25) is 0 Å². The number of rotatable bonds is 2. The first kappa shape index (κ1) is 12.0. The Kier molecular flexibility index (Phi) is 3.02. The Morgan fingerprint density at radius 3 is 2.14 bits per heavy atom. The van der Waals surface area contributed by atoms with Gasteiger partial charge < -0.3 is 5.73 Å². The van der Waals surface area contributed by atoms with E-state index in [1.54, 1.807) is 0 Å². The van der Waals surface area contributed by atoms with Crippen LogP contribution in [0.5, 0.6) is 0 Å². The van der Waals surface area contributed by atoms with Crippen LogP contribution in [0.3, 0.4) is 0 Å². The zero-order valence-corrected chi connectivity index (χ0v) is 10.6. The Morgan fingerprint density at radius 2 is 1.64 bits per heavy atom. The molecule has 0 aromatic carbocycles. The molecule has 2 atom stereocenters. The minimum atomic E-state index is 0.0689. The molecule has 1 rings (SSSR count). The number of hydrogen-bond acceptors (Lipinski definition) is 1. The first-order chi connectivity index (χ1) is 6.22. The molecule has 0 aromatic rings. The predicted molar refractivity (Wildman–Crippen MR) is 63.2 cm³/mol. The van der Waals surface area contributed by atoms with E-state index in [4.69, 9.17) is 5.73 Å². The number of hydrogen-bond donors (Lipinski definition) is 1. The van der Waals surface area contributed by atoms with E-state index in [1.807, 2.05) is 0 Å². The Hall–Kier alpha value is -0.0400. The van der Waals surface area contributed by atoms with Gasteiger partial charge in [0, 0.05) is 5.54 Å². The van der Waals surface area contributed by atoms with Crippen molar-refractivity contribution in [3.63, 3.8) is 0 Å². The highest BCUT2D eigenvalue weighted by Crippen LogP contribution is 2.54. The molecule has 0 amide bonds. The third-order valence-electron chi connectivity index (χ3n) is 4.55. The highest BCUT2D eigenvalue weighted by Gasteiger charge is 2.47. The minimum absolute atomic E-state index is 0.0689. The molecule has 0 aromatic heterocycles. The van der Waals surface area contributed by atoms with Gasteiger partial charge in [-0.2, -0.15) is 0 Å². The van der Waals surface area contributed by atoms with Gasteiger partial charge in [-0.1, -0.05) is 34.1 Å². The van der Waals surface area contributed by atoms with E-state index < -0.39 is 0 Å². The average Bonchev–Trinajstić information content (AvgIpc) is 1.98. The van der Waals surface area contributed by atoms with Crippen molar-refractivity contribution >= 4 is 0 Å². The second-order valence-corrected chi connectivity index (χ2v) is 6.53. The molecule has 1 aliphatic carbocycles. The molecule has 2 unspecified atom stereocenters. The smallest absolute Gasteiger partial charge is 0.0131 e. The summed E-state index contributed by atoms with van der Waals surface area (Å²) < 4.78 is 0. The monoisotopic (exact) mass is 197 g/mol. The molecule has 14 heavy (non-hydrogen) atoms. The molecule has 1 heteroatoms. The van der Waals surface area contributed by atoms with E-state index in [9.17, 15) is 0 Å². The van der Waals surface area contributed by atoms with Crippen LogP contribution in [-0.2, 0) is 0 Å². The van der Waals surface area contributed by atoms with Crippen molar-refractivity contribution in [1.82, 2.24) is 0 Å². The Morgan fingerprint density at radius 1 is 1.07 bits per heavy atom. The van der Waals surface area contributed by atoms with Gasteiger partial charge in [-0.25, -0.2) is 0 Å². The highest BCUT2D eigenvalue weighted by atomic mass is 14.8. The molecule has 1 aliphatic rings. The first-order valence-electron chi connectivity index (χ1n) is 6.01. The SMILES string of the molecule is CCCC1(C)CC(C)(N)CCC1(C)C. The van der Waals surface area contributed by atoms with Gasteiger partial charge in [0.05, 0.1) is 0 Å². The van der Waals surface area contributed by atoms with Gasteiger partial charge >= 0.3 is 0 Å². The van der Waals surface area contributed by atoms with Gasteiger partial charge in [-0.05, 0) is 43.4 Å². The van der Waals surface area contributed by atoms with Crippen LogP contribution in [-0.4, -0.2) is 5.54 Å². The zero-order chi connectivity index (χ0) is 11.0. The van der Waals surface area contributed by atoms with Crippen molar-refractivity contribution in [2.75, 3.05) is 0 Å². The van der Waals surface area contributed by atoms with Gasteiger partial charge in [-0.15, -0.1) is 0 Å². The van der Waals surface area contributed by atoms with Gasteiger partial charge in [0.2, 0.25) is 0 Å². The Labute approximate surface area is 89.5 Å². The fourth-order valence-electron chi connectivity index (χ4n) is 3.10. The van der Waals surface area contributed by atoms with E-state index in [-0.39, 0.29) is 5.54 Å². The third kappa shape index (κ3) is 2.13. The van der Waals surface area contributed by atoms with Crippen LogP contribution in [0.2, 0.25) is 0 Å². The maximum Gasteiger partial charge on any atom is 0.0131 e. The summed E-state index contributed by atoms with van der Waals surface area (Å²) >= 11 is 0. The van der Waals surface area contributed by atoms with Crippen LogP contribution in [0.15, 0.2) is 0 Å². The summed E-state index contributed by atoms with van der Waals surface area (Å²) in [7, 11) is 0. The van der Waals surface area contributed by atoms with Crippen LogP contribution in [0.25, 0.3) is 0 Å². The lowest BCUT2D eigenvalue weighted by Gasteiger charge is -2.53. The lowest BCUT2D eigenvalue weighted by Crippen LogP contribution is -2.52. The minimum Gasteiger partial charge on any atom is -0.325 e. The van der Waals surface area contributed by atoms with E-state index in [2.05, 4.69) is 34.6 Å². The van der Waals surface area contributed by atoms with Crippen LogP contribution in [0.1, 0.15) is 66.7 Å². The molecule has 84 valence electrons. The standard InChI is InChI=1S/C13H27N/c1-6-7-12(4)10-13(5,14)9-8-11(12,2)3/h6-10,14H2,1-5H3. The molecular formula is C13H27N. The molecule has 0 saturated heterocycles. The van der Waals surface area contributed by atoms with Crippen LogP contribution < -0.4 is 5.73 Å². The lowest BCUT2D eigenvalue weighted by molar-refractivity contribution is -0.00986. The van der Waals surface area contributed by atoms with Crippen molar-refractivity contribution in [1.29, 1.82) is 0 Å². The molecule has 0 heterocycles. The second kappa shape index (κ2) is 3.52. The predicted octanol–water partition coefficient (Wildman–Crippen LogP) is 3.72.